The summed E-state index contributed by atoms with van der Waals surface area (Å²) in [6, 6.07) is 4.04. The van der Waals surface area contributed by atoms with Crippen LogP contribution in [-0.4, -0.2) is 17.1 Å². The van der Waals surface area contributed by atoms with Gasteiger partial charge in [-0.2, -0.15) is 0 Å². The van der Waals surface area contributed by atoms with Crippen molar-refractivity contribution in [2.75, 3.05) is 12.4 Å². The number of halogens is 2. The van der Waals surface area contributed by atoms with Crippen molar-refractivity contribution in [3.63, 3.8) is 0 Å². The molecule has 0 spiro atoms. The Labute approximate surface area is 116 Å². The number of methoxy groups -OCH3 is 1. The highest BCUT2D eigenvalue weighted by molar-refractivity contribution is 9.11. The number of anilines is 1. The van der Waals surface area contributed by atoms with Crippen molar-refractivity contribution in [2.45, 2.75) is 6.54 Å². The second kappa shape index (κ2) is 5.66. The van der Waals surface area contributed by atoms with E-state index < -0.39 is 0 Å². The smallest absolute Gasteiger partial charge is 0.198 e. The van der Waals surface area contributed by atoms with Gasteiger partial charge in [0, 0.05) is 4.88 Å². The molecule has 0 aromatic carbocycles. The summed E-state index contributed by atoms with van der Waals surface area (Å²) in [5, 5.41) is 3.47. The van der Waals surface area contributed by atoms with Gasteiger partial charge in [0.2, 0.25) is 0 Å². The Morgan fingerprint density at radius 3 is 2.94 bits per heavy atom. The summed E-state index contributed by atoms with van der Waals surface area (Å²) in [5.41, 5.74) is 0. The second-order valence-electron chi connectivity index (χ2n) is 3.11. The summed E-state index contributed by atoms with van der Waals surface area (Å²) in [5.74, 6) is 1.06. The quantitative estimate of drug-likeness (QED) is 0.868. The number of thiophene rings is 1. The van der Waals surface area contributed by atoms with Crippen LogP contribution >= 0.6 is 38.9 Å². The first-order chi connectivity index (χ1) is 8.20. The fourth-order valence-corrected chi connectivity index (χ4v) is 2.91. The molecule has 2 rings (SSSR count). The van der Waals surface area contributed by atoms with Gasteiger partial charge < -0.3 is 10.1 Å². The van der Waals surface area contributed by atoms with E-state index in [9.17, 15) is 0 Å². The van der Waals surface area contributed by atoms with Crippen LogP contribution in [-0.2, 0) is 6.54 Å². The third kappa shape index (κ3) is 3.08. The zero-order valence-electron chi connectivity index (χ0n) is 8.91. The van der Waals surface area contributed by atoms with Crippen LogP contribution < -0.4 is 10.1 Å². The van der Waals surface area contributed by atoms with Gasteiger partial charge >= 0.3 is 0 Å². The molecular formula is C10H9BrClN3OS. The Hall–Kier alpha value is -0.850. The summed E-state index contributed by atoms with van der Waals surface area (Å²) >= 11 is 11.0. The van der Waals surface area contributed by atoms with Gasteiger partial charge in [-0.3, -0.25) is 0 Å². The molecule has 0 saturated heterocycles. The van der Waals surface area contributed by atoms with Crippen LogP contribution in [0.5, 0.6) is 5.75 Å². The molecule has 0 unspecified atom stereocenters. The molecule has 2 aromatic heterocycles. The average Bonchev–Trinajstić information content (AvgIpc) is 2.72. The first-order valence-electron chi connectivity index (χ1n) is 4.73. The lowest BCUT2D eigenvalue weighted by Crippen LogP contribution is -2.03. The van der Waals surface area contributed by atoms with E-state index in [1.807, 2.05) is 12.1 Å². The largest absolute Gasteiger partial charge is 0.490 e. The molecule has 0 fully saturated rings. The van der Waals surface area contributed by atoms with E-state index in [2.05, 4.69) is 31.2 Å². The molecule has 4 nitrogen and oxygen atoms in total. The summed E-state index contributed by atoms with van der Waals surface area (Å²) < 4.78 is 6.24. The van der Waals surface area contributed by atoms with Crippen molar-refractivity contribution < 1.29 is 4.74 Å². The van der Waals surface area contributed by atoms with Crippen molar-refractivity contribution in [3.8, 4) is 5.75 Å². The standard InChI is InChI=1S/C10H9BrClN3OS/c1-16-8-9(12)14-5-15-10(8)13-4-6-2-3-7(11)17-6/h2-3,5H,4H2,1H3,(H,13,14,15). The third-order valence-corrected chi connectivity index (χ3v) is 3.92. The van der Waals surface area contributed by atoms with Crippen LogP contribution in [0.3, 0.4) is 0 Å². The van der Waals surface area contributed by atoms with Crippen molar-refractivity contribution in [3.05, 3.63) is 32.3 Å². The number of nitrogens with zero attached hydrogens (tertiary/aromatic N) is 2. The molecule has 0 aliphatic carbocycles. The average molecular weight is 335 g/mol. The Morgan fingerprint density at radius 1 is 1.47 bits per heavy atom. The highest BCUT2D eigenvalue weighted by Crippen LogP contribution is 2.29. The number of rotatable bonds is 4. The summed E-state index contributed by atoms with van der Waals surface area (Å²) in [7, 11) is 1.54. The molecule has 2 heterocycles. The molecule has 90 valence electrons. The van der Waals surface area contributed by atoms with Gasteiger partial charge in [-0.15, -0.1) is 11.3 Å². The van der Waals surface area contributed by atoms with Crippen LogP contribution in [0.2, 0.25) is 5.15 Å². The van der Waals surface area contributed by atoms with E-state index in [0.717, 1.165) is 3.79 Å². The van der Waals surface area contributed by atoms with E-state index in [1.54, 1.807) is 11.3 Å². The van der Waals surface area contributed by atoms with Crippen LogP contribution in [0.1, 0.15) is 4.88 Å². The van der Waals surface area contributed by atoms with Gasteiger partial charge in [0.25, 0.3) is 0 Å². The Bertz CT molecular complexity index is 520. The first kappa shape index (κ1) is 12.6. The molecular weight excluding hydrogens is 326 g/mol. The zero-order chi connectivity index (χ0) is 12.3. The van der Waals surface area contributed by atoms with Gasteiger partial charge in [-0.25, -0.2) is 9.97 Å². The normalized spacial score (nSPS) is 10.3. The van der Waals surface area contributed by atoms with Crippen molar-refractivity contribution in [2.24, 2.45) is 0 Å². The highest BCUT2D eigenvalue weighted by Gasteiger charge is 2.09. The monoisotopic (exact) mass is 333 g/mol. The number of ether oxygens (including phenoxy) is 1. The topological polar surface area (TPSA) is 47.0 Å². The molecule has 0 atom stereocenters. The third-order valence-electron chi connectivity index (χ3n) is 2.02. The molecule has 0 aliphatic rings. The SMILES string of the molecule is COc1c(Cl)ncnc1NCc1ccc(Br)s1. The van der Waals surface area contributed by atoms with Crippen LogP contribution in [0.25, 0.3) is 0 Å². The molecule has 1 N–H and O–H groups in total. The Kier molecular flexibility index (Phi) is 4.20. The van der Waals surface area contributed by atoms with Crippen LogP contribution in [0.15, 0.2) is 22.2 Å². The minimum Gasteiger partial charge on any atom is -0.490 e. The van der Waals surface area contributed by atoms with Crippen LogP contribution in [0, 0.1) is 0 Å². The maximum atomic E-state index is 5.89. The Balaban J connectivity index is 2.11. The molecule has 17 heavy (non-hydrogen) atoms. The second-order valence-corrected chi connectivity index (χ2v) is 6.01. The molecule has 7 heteroatoms. The number of nitrogens with one attached hydrogen (secondary N) is 1. The van der Waals surface area contributed by atoms with E-state index in [4.69, 9.17) is 16.3 Å². The van der Waals surface area contributed by atoms with E-state index >= 15 is 0 Å². The fraction of sp³-hybridized carbons (Fsp3) is 0.200. The number of hydrogen-bond donors (Lipinski definition) is 1. The minimum atomic E-state index is 0.303. The van der Waals surface area contributed by atoms with Gasteiger partial charge in [0.15, 0.2) is 16.7 Å². The van der Waals surface area contributed by atoms with Gasteiger partial charge in [-0.1, -0.05) is 11.6 Å². The lowest BCUT2D eigenvalue weighted by molar-refractivity contribution is 0.413. The molecule has 0 bridgehead atoms. The van der Waals surface area contributed by atoms with Gasteiger partial charge in [0.05, 0.1) is 17.4 Å². The predicted octanol–water partition coefficient (Wildman–Crippen LogP) is 3.57. The maximum absolute atomic E-state index is 5.89. The van der Waals surface area contributed by atoms with E-state index in [1.165, 1.54) is 18.3 Å². The molecule has 0 aliphatic heterocycles. The summed E-state index contributed by atoms with van der Waals surface area (Å²) in [6.07, 6.45) is 1.40. The number of hydrogen-bond acceptors (Lipinski definition) is 5. The Morgan fingerprint density at radius 2 is 2.29 bits per heavy atom. The van der Waals surface area contributed by atoms with E-state index in [0.29, 0.717) is 23.3 Å². The molecule has 0 amide bonds. The lowest BCUT2D eigenvalue weighted by Gasteiger charge is -2.09. The summed E-state index contributed by atoms with van der Waals surface area (Å²) in [6.45, 7) is 0.667. The van der Waals surface area contributed by atoms with E-state index in [-0.39, 0.29) is 0 Å². The summed E-state index contributed by atoms with van der Waals surface area (Å²) in [4.78, 5) is 9.14. The maximum Gasteiger partial charge on any atom is 0.198 e. The molecule has 0 saturated carbocycles. The van der Waals surface area contributed by atoms with Crippen molar-refractivity contribution in [1.29, 1.82) is 0 Å². The highest BCUT2D eigenvalue weighted by atomic mass is 79.9. The molecule has 2 aromatic rings. The fourth-order valence-electron chi connectivity index (χ4n) is 1.28. The minimum absolute atomic E-state index is 0.303. The van der Waals surface area contributed by atoms with Crippen molar-refractivity contribution >= 4 is 44.7 Å². The zero-order valence-corrected chi connectivity index (χ0v) is 12.1. The van der Waals surface area contributed by atoms with Crippen LogP contribution in [0.4, 0.5) is 5.82 Å². The van der Waals surface area contributed by atoms with Crippen molar-refractivity contribution in [1.82, 2.24) is 9.97 Å². The predicted molar refractivity (Wildman–Crippen MR) is 72.9 cm³/mol. The first-order valence-corrected chi connectivity index (χ1v) is 6.72. The molecule has 0 radical (unpaired) electrons. The number of aromatic nitrogens is 2. The van der Waals surface area contributed by atoms with Gasteiger partial charge in [0.1, 0.15) is 6.33 Å². The van der Waals surface area contributed by atoms with Gasteiger partial charge in [-0.05, 0) is 28.1 Å². The lowest BCUT2D eigenvalue weighted by atomic mass is 10.4.